The second kappa shape index (κ2) is 24.4. The van der Waals surface area contributed by atoms with Crippen LogP contribution in [0.15, 0.2) is 388 Å². The summed E-state index contributed by atoms with van der Waals surface area (Å²) in [6, 6.07) is 143. The fraction of sp³-hybridized carbons (Fsp3) is 0. The molecule has 6 heteroatoms. The second-order valence-electron chi connectivity index (χ2n) is 29.2. The maximum atomic E-state index is 5.99. The maximum Gasteiger partial charge on any atom is 0.160 e. The molecule has 1 aliphatic carbocycles. The van der Waals surface area contributed by atoms with E-state index in [1.165, 1.54) is 65.5 Å². The van der Waals surface area contributed by atoms with E-state index in [2.05, 4.69) is 407 Å². The molecule has 5 heterocycles. The van der Waals surface area contributed by atoms with Gasteiger partial charge in [0.1, 0.15) is 0 Å². The molecule has 110 heavy (non-hydrogen) atoms. The van der Waals surface area contributed by atoms with Crippen LogP contribution < -0.4 is 0 Å². The summed E-state index contributed by atoms with van der Waals surface area (Å²) < 4.78 is 9.71. The number of fused-ring (bicyclic) bond motifs is 15. The van der Waals surface area contributed by atoms with Crippen LogP contribution in [0.2, 0.25) is 0 Å². The summed E-state index contributed by atoms with van der Waals surface area (Å²) in [6.45, 7) is 0. The Morgan fingerprint density at radius 3 is 0.927 bits per heavy atom. The highest BCUT2D eigenvalue weighted by molar-refractivity contribution is 6.19. The van der Waals surface area contributed by atoms with Crippen molar-refractivity contribution in [3.05, 3.63) is 388 Å². The molecule has 5 aromatic heterocycles. The predicted octanol–water partition coefficient (Wildman–Crippen LogP) is 27.3. The van der Waals surface area contributed by atoms with Crippen LogP contribution in [0, 0.1) is 0 Å². The first-order valence-corrected chi connectivity index (χ1v) is 37.8. The fourth-order valence-corrected chi connectivity index (χ4v) is 18.1. The van der Waals surface area contributed by atoms with E-state index in [9.17, 15) is 0 Å². The molecule has 0 radical (unpaired) electrons. The van der Waals surface area contributed by atoms with Gasteiger partial charge in [-0.15, -0.1) is 0 Å². The first kappa shape index (κ1) is 61.6. The van der Waals surface area contributed by atoms with E-state index in [4.69, 9.17) is 9.97 Å². The van der Waals surface area contributed by atoms with Crippen LogP contribution in [0.5, 0.6) is 0 Å². The zero-order valence-corrected chi connectivity index (χ0v) is 59.6. The summed E-state index contributed by atoms with van der Waals surface area (Å²) in [4.78, 5) is 11.9. The molecule has 510 valence electrons. The molecule has 6 nitrogen and oxygen atoms in total. The average Bonchev–Trinajstić information content (AvgIpc) is 1.57. The Morgan fingerprint density at radius 1 is 0.173 bits per heavy atom. The Labute approximate surface area is 633 Å². The summed E-state index contributed by atoms with van der Waals surface area (Å²) in [5, 5.41) is 11.9. The van der Waals surface area contributed by atoms with Gasteiger partial charge in [0.2, 0.25) is 0 Å². The van der Waals surface area contributed by atoms with Crippen molar-refractivity contribution in [2.75, 3.05) is 0 Å². The van der Waals surface area contributed by atoms with Crippen molar-refractivity contribution in [3.8, 4) is 123 Å². The Hall–Kier alpha value is -14.7. The van der Waals surface area contributed by atoms with Crippen LogP contribution in [0.1, 0.15) is 0 Å². The van der Waals surface area contributed by atoms with Crippen molar-refractivity contribution in [2.45, 2.75) is 0 Å². The average molecular weight is 1400 g/mol. The molecule has 23 rings (SSSR count). The van der Waals surface area contributed by atoms with Gasteiger partial charge in [0.15, 0.2) is 5.82 Å². The molecule has 0 spiro atoms. The third kappa shape index (κ3) is 9.62. The standard InChI is InChI=1S/C104H64N6/c1-5-24-65(25-6-1)74-55-75(66-26-7-2-8-27-66)57-76(56-74)68-30-21-31-73(54-68)102-101-86-40-22-28-67-29-23-41-87(100(67)86)103(101)106-104(105-102)77-58-80(109-94-44-19-15-38-84(94)90-62-71(48-52-98(90)109)69-46-50-96-88(60-69)82-36-13-17-42-92(82)107(96)78-32-9-3-10-33-78)64-81(59-77)110-95-45-20-16-39-85(95)91-63-72(49-53-99(91)110)70-47-51-97-89(61-70)83-37-14-18-43-93(83)108(97)79-34-11-4-12-35-79/h1-64H. The van der Waals surface area contributed by atoms with Crippen molar-refractivity contribution in [3.63, 3.8) is 0 Å². The van der Waals surface area contributed by atoms with Crippen molar-refractivity contribution < 1.29 is 0 Å². The maximum absolute atomic E-state index is 5.99. The predicted molar refractivity (Wildman–Crippen MR) is 459 cm³/mol. The van der Waals surface area contributed by atoms with E-state index >= 15 is 0 Å². The van der Waals surface area contributed by atoms with Gasteiger partial charge in [0.25, 0.3) is 0 Å². The summed E-state index contributed by atoms with van der Waals surface area (Å²) in [6.07, 6.45) is 0. The minimum atomic E-state index is 0.633. The lowest BCUT2D eigenvalue weighted by Gasteiger charge is -2.17. The van der Waals surface area contributed by atoms with Gasteiger partial charge in [0, 0.05) is 88.1 Å². The van der Waals surface area contributed by atoms with E-state index in [1.807, 2.05) is 0 Å². The largest absolute Gasteiger partial charge is 0.309 e. The molecular formula is C104H64N6. The quantitative estimate of drug-likeness (QED) is 0.130. The molecule has 0 amide bonds. The smallest absolute Gasteiger partial charge is 0.160 e. The van der Waals surface area contributed by atoms with Crippen LogP contribution in [-0.2, 0) is 0 Å². The highest BCUT2D eigenvalue weighted by Gasteiger charge is 2.30. The van der Waals surface area contributed by atoms with E-state index in [-0.39, 0.29) is 0 Å². The molecule has 17 aromatic carbocycles. The van der Waals surface area contributed by atoms with Crippen molar-refractivity contribution in [2.24, 2.45) is 0 Å². The summed E-state index contributed by atoms with van der Waals surface area (Å²) in [5.41, 5.74) is 31.8. The number of benzene rings is 17. The van der Waals surface area contributed by atoms with Gasteiger partial charge in [0.05, 0.1) is 55.5 Å². The first-order chi connectivity index (χ1) is 54.5. The van der Waals surface area contributed by atoms with Gasteiger partial charge in [-0.25, -0.2) is 9.97 Å². The van der Waals surface area contributed by atoms with Crippen LogP contribution >= 0.6 is 0 Å². The number of nitrogens with zero attached hydrogens (tertiary/aromatic N) is 6. The molecule has 0 N–H and O–H groups in total. The molecule has 0 fully saturated rings. The van der Waals surface area contributed by atoms with Gasteiger partial charge in [-0.05, 0) is 211 Å². The van der Waals surface area contributed by atoms with E-state index in [0.717, 1.165) is 150 Å². The van der Waals surface area contributed by atoms with Crippen LogP contribution in [-0.4, -0.2) is 28.2 Å². The van der Waals surface area contributed by atoms with E-state index in [1.54, 1.807) is 0 Å². The SMILES string of the molecule is c1ccc(-c2cc(-c3ccccc3)cc(-c3cccc(-c4nc(-c5cc(-n6c7ccccc7c7cc(-c8ccc9c(c8)c8ccccc8n9-c8ccccc8)ccc76)cc(-n6c7ccccc7c7cc(-c8ccc9c(c8)c8ccccc8n9-c8ccccc8)ccc76)c5)nc5c4-c4cccc6cccc-5c46)c3)c2)cc1. The second-order valence-corrected chi connectivity index (χ2v) is 29.2. The molecule has 0 saturated heterocycles. The first-order valence-electron chi connectivity index (χ1n) is 37.8. The highest BCUT2D eigenvalue weighted by atomic mass is 15.0. The highest BCUT2D eigenvalue weighted by Crippen LogP contribution is 2.52. The Kier molecular flexibility index (Phi) is 13.7. The van der Waals surface area contributed by atoms with Gasteiger partial charge in [-0.3, -0.25) is 0 Å². The van der Waals surface area contributed by atoms with Crippen LogP contribution in [0.4, 0.5) is 0 Å². The van der Waals surface area contributed by atoms with Crippen molar-refractivity contribution >= 4 is 98.0 Å². The molecular weight excluding hydrogens is 1330 g/mol. The lowest BCUT2D eigenvalue weighted by molar-refractivity contribution is 1.12. The van der Waals surface area contributed by atoms with E-state index < -0.39 is 0 Å². The third-order valence-corrected chi connectivity index (χ3v) is 23.0. The minimum absolute atomic E-state index is 0.633. The lowest BCUT2D eigenvalue weighted by Crippen LogP contribution is -2.02. The summed E-state index contributed by atoms with van der Waals surface area (Å²) in [7, 11) is 0. The monoisotopic (exact) mass is 1400 g/mol. The Morgan fingerprint density at radius 2 is 0.491 bits per heavy atom. The fourth-order valence-electron chi connectivity index (χ4n) is 18.1. The van der Waals surface area contributed by atoms with Crippen molar-refractivity contribution in [1.29, 1.82) is 0 Å². The zero-order valence-electron chi connectivity index (χ0n) is 59.6. The van der Waals surface area contributed by atoms with Gasteiger partial charge < -0.3 is 18.3 Å². The topological polar surface area (TPSA) is 45.5 Å². The number of aromatic nitrogens is 6. The van der Waals surface area contributed by atoms with Gasteiger partial charge in [-0.1, -0.05) is 249 Å². The number of hydrogen-bond acceptors (Lipinski definition) is 2. The molecule has 0 atom stereocenters. The third-order valence-electron chi connectivity index (χ3n) is 23.0. The van der Waals surface area contributed by atoms with E-state index in [0.29, 0.717) is 5.82 Å². The summed E-state index contributed by atoms with van der Waals surface area (Å²) in [5.74, 6) is 0.633. The molecule has 0 aliphatic heterocycles. The van der Waals surface area contributed by atoms with Crippen LogP contribution in [0.3, 0.4) is 0 Å². The lowest BCUT2D eigenvalue weighted by atomic mass is 9.92. The molecule has 1 aliphatic rings. The van der Waals surface area contributed by atoms with Crippen molar-refractivity contribution in [1.82, 2.24) is 28.2 Å². The molecule has 22 aromatic rings. The Bertz CT molecular complexity index is 7210. The number of para-hydroxylation sites is 6. The zero-order chi connectivity index (χ0) is 72.1. The van der Waals surface area contributed by atoms with Gasteiger partial charge >= 0.3 is 0 Å². The molecule has 0 bridgehead atoms. The Balaban J connectivity index is 0.742. The molecule has 0 unspecified atom stereocenters. The van der Waals surface area contributed by atoms with Gasteiger partial charge in [-0.2, -0.15) is 0 Å². The minimum Gasteiger partial charge on any atom is -0.309 e. The summed E-state index contributed by atoms with van der Waals surface area (Å²) >= 11 is 0. The molecule has 0 saturated carbocycles. The number of rotatable bonds is 11. The normalized spacial score (nSPS) is 12.0. The number of hydrogen-bond donors (Lipinski definition) is 0. The van der Waals surface area contributed by atoms with Crippen LogP contribution in [0.25, 0.3) is 221 Å².